The number of carboxylic acids is 1. The van der Waals surface area contributed by atoms with E-state index in [4.69, 9.17) is 9.84 Å². The van der Waals surface area contributed by atoms with Gasteiger partial charge in [0.05, 0.1) is 13.0 Å². The Morgan fingerprint density at radius 1 is 1.62 bits per heavy atom. The predicted octanol–water partition coefficient (Wildman–Crippen LogP) is 1.21. The first-order chi connectivity index (χ1) is 7.66. The molecule has 1 aliphatic heterocycles. The number of rotatable bonds is 5. The molecule has 0 unspecified atom stereocenters. The van der Waals surface area contributed by atoms with Gasteiger partial charge < -0.3 is 14.7 Å². The van der Waals surface area contributed by atoms with Crippen LogP contribution in [0.5, 0.6) is 0 Å². The molecule has 92 valence electrons. The van der Waals surface area contributed by atoms with E-state index in [0.29, 0.717) is 12.0 Å². The van der Waals surface area contributed by atoms with Gasteiger partial charge in [-0.15, -0.1) is 0 Å². The zero-order chi connectivity index (χ0) is 11.6. The lowest BCUT2D eigenvalue weighted by Gasteiger charge is -2.27. The summed E-state index contributed by atoms with van der Waals surface area (Å²) in [6.45, 7) is 3.62. The van der Waals surface area contributed by atoms with Gasteiger partial charge in [-0.2, -0.15) is 0 Å². The van der Waals surface area contributed by atoms with E-state index in [1.165, 1.54) is 19.3 Å². The lowest BCUT2D eigenvalue weighted by Crippen LogP contribution is -2.32. The Morgan fingerprint density at radius 2 is 2.44 bits per heavy atom. The molecule has 1 saturated carbocycles. The summed E-state index contributed by atoms with van der Waals surface area (Å²) >= 11 is 0. The number of likely N-dealkylation sites (tertiary alicyclic amines) is 1. The molecule has 1 aliphatic carbocycles. The smallest absolute Gasteiger partial charge is 0.304 e. The molecular formula is C12H21NO3. The van der Waals surface area contributed by atoms with Crippen LogP contribution < -0.4 is 0 Å². The van der Waals surface area contributed by atoms with Gasteiger partial charge in [0.2, 0.25) is 0 Å². The fourth-order valence-corrected chi connectivity index (χ4v) is 3.47. The van der Waals surface area contributed by atoms with Gasteiger partial charge in [0.1, 0.15) is 0 Å². The third-order valence-electron chi connectivity index (χ3n) is 4.18. The van der Waals surface area contributed by atoms with Crippen LogP contribution in [0.25, 0.3) is 0 Å². The standard InChI is InChI=1S/C12H21NO3/c1-16-9-12-5-2-3-10(12)7-13(8-12)6-4-11(14)15/h10H,2-9H2,1H3,(H,14,15)/t10-,12-/m1/s1. The summed E-state index contributed by atoms with van der Waals surface area (Å²) < 4.78 is 5.36. The van der Waals surface area contributed by atoms with Crippen molar-refractivity contribution < 1.29 is 14.6 Å². The SMILES string of the molecule is COC[C@]12CCC[C@@H]1CN(CCC(=O)O)C2. The van der Waals surface area contributed by atoms with Crippen molar-refractivity contribution in [2.75, 3.05) is 33.4 Å². The van der Waals surface area contributed by atoms with Gasteiger partial charge in [-0.25, -0.2) is 0 Å². The molecule has 1 saturated heterocycles. The monoisotopic (exact) mass is 227 g/mol. The van der Waals surface area contributed by atoms with Crippen LogP contribution in [0.4, 0.5) is 0 Å². The second kappa shape index (κ2) is 4.72. The first kappa shape index (κ1) is 11.9. The summed E-state index contributed by atoms with van der Waals surface area (Å²) in [6, 6.07) is 0. The molecule has 0 aromatic heterocycles. The van der Waals surface area contributed by atoms with Crippen LogP contribution in [-0.2, 0) is 9.53 Å². The molecule has 0 aromatic rings. The average Bonchev–Trinajstić information content (AvgIpc) is 2.71. The summed E-state index contributed by atoms with van der Waals surface area (Å²) in [6.07, 6.45) is 4.10. The number of hydrogen-bond donors (Lipinski definition) is 1. The number of nitrogens with zero attached hydrogens (tertiary/aromatic N) is 1. The van der Waals surface area contributed by atoms with E-state index in [-0.39, 0.29) is 6.42 Å². The molecule has 1 N–H and O–H groups in total. The molecule has 4 heteroatoms. The van der Waals surface area contributed by atoms with Crippen molar-refractivity contribution in [1.29, 1.82) is 0 Å². The fraction of sp³-hybridized carbons (Fsp3) is 0.917. The lowest BCUT2D eigenvalue weighted by atomic mass is 9.82. The number of methoxy groups -OCH3 is 1. The van der Waals surface area contributed by atoms with Crippen LogP contribution in [0.15, 0.2) is 0 Å². The molecular weight excluding hydrogens is 206 g/mol. The number of carboxylic acid groups (broad SMARTS) is 1. The van der Waals surface area contributed by atoms with Crippen LogP contribution in [0.3, 0.4) is 0 Å². The van der Waals surface area contributed by atoms with Crippen molar-refractivity contribution in [3.63, 3.8) is 0 Å². The molecule has 2 atom stereocenters. The zero-order valence-corrected chi connectivity index (χ0v) is 9.95. The van der Waals surface area contributed by atoms with Crippen molar-refractivity contribution in [2.45, 2.75) is 25.7 Å². The fourth-order valence-electron chi connectivity index (χ4n) is 3.47. The maximum atomic E-state index is 10.6. The van der Waals surface area contributed by atoms with E-state index in [2.05, 4.69) is 4.90 Å². The number of fused-ring (bicyclic) bond motifs is 1. The summed E-state index contributed by atoms with van der Waals surface area (Å²) in [5.41, 5.74) is 0.327. The molecule has 0 aromatic carbocycles. The van der Waals surface area contributed by atoms with Gasteiger partial charge in [0.25, 0.3) is 0 Å². The summed E-state index contributed by atoms with van der Waals surface area (Å²) in [4.78, 5) is 12.9. The number of aliphatic carboxylic acids is 1. The van der Waals surface area contributed by atoms with E-state index < -0.39 is 5.97 Å². The van der Waals surface area contributed by atoms with E-state index >= 15 is 0 Å². The van der Waals surface area contributed by atoms with Crippen LogP contribution in [0, 0.1) is 11.3 Å². The first-order valence-electron chi connectivity index (χ1n) is 6.09. The maximum Gasteiger partial charge on any atom is 0.304 e. The molecule has 0 bridgehead atoms. The van der Waals surface area contributed by atoms with E-state index in [0.717, 1.165) is 25.6 Å². The highest BCUT2D eigenvalue weighted by Gasteiger charge is 2.49. The minimum Gasteiger partial charge on any atom is -0.481 e. The van der Waals surface area contributed by atoms with Gasteiger partial charge in [-0.1, -0.05) is 6.42 Å². The van der Waals surface area contributed by atoms with Gasteiger partial charge >= 0.3 is 5.97 Å². The first-order valence-corrected chi connectivity index (χ1v) is 6.09. The van der Waals surface area contributed by atoms with Crippen LogP contribution in [0.2, 0.25) is 0 Å². The Kier molecular flexibility index (Phi) is 3.50. The minimum absolute atomic E-state index is 0.260. The second-order valence-electron chi connectivity index (χ2n) is 5.26. The average molecular weight is 227 g/mol. The Morgan fingerprint density at radius 3 is 3.12 bits per heavy atom. The number of carbonyl (C=O) groups is 1. The largest absolute Gasteiger partial charge is 0.481 e. The number of ether oxygens (including phenoxy) is 1. The second-order valence-corrected chi connectivity index (χ2v) is 5.26. The Labute approximate surface area is 96.6 Å². The van der Waals surface area contributed by atoms with Gasteiger partial charge in [0, 0.05) is 32.2 Å². The number of hydrogen-bond acceptors (Lipinski definition) is 3. The van der Waals surface area contributed by atoms with Gasteiger partial charge in [-0.05, 0) is 18.8 Å². The summed E-state index contributed by atoms with van der Waals surface area (Å²) in [5.74, 6) is 0.0269. The lowest BCUT2D eigenvalue weighted by molar-refractivity contribution is -0.137. The topological polar surface area (TPSA) is 49.8 Å². The third-order valence-corrected chi connectivity index (χ3v) is 4.18. The molecule has 0 amide bonds. The highest BCUT2D eigenvalue weighted by Crippen LogP contribution is 2.48. The van der Waals surface area contributed by atoms with Gasteiger partial charge in [-0.3, -0.25) is 4.79 Å². The van der Waals surface area contributed by atoms with E-state index in [9.17, 15) is 4.79 Å². The van der Waals surface area contributed by atoms with Crippen LogP contribution >= 0.6 is 0 Å². The highest BCUT2D eigenvalue weighted by atomic mass is 16.5. The van der Waals surface area contributed by atoms with Crippen molar-refractivity contribution in [1.82, 2.24) is 4.90 Å². The molecule has 0 radical (unpaired) electrons. The Hall–Kier alpha value is -0.610. The Balaban J connectivity index is 1.91. The molecule has 0 spiro atoms. The molecule has 2 aliphatic rings. The summed E-state index contributed by atoms with van der Waals surface area (Å²) in [5, 5.41) is 8.69. The molecule has 2 rings (SSSR count). The maximum absolute atomic E-state index is 10.6. The zero-order valence-electron chi connectivity index (χ0n) is 9.95. The molecule has 1 heterocycles. The highest BCUT2D eigenvalue weighted by molar-refractivity contribution is 5.66. The van der Waals surface area contributed by atoms with E-state index in [1.807, 2.05) is 0 Å². The van der Waals surface area contributed by atoms with Gasteiger partial charge in [0.15, 0.2) is 0 Å². The van der Waals surface area contributed by atoms with Crippen LogP contribution in [-0.4, -0.2) is 49.3 Å². The quantitative estimate of drug-likeness (QED) is 0.767. The normalized spacial score (nSPS) is 34.2. The van der Waals surface area contributed by atoms with Crippen molar-refractivity contribution in [3.8, 4) is 0 Å². The van der Waals surface area contributed by atoms with Crippen molar-refractivity contribution in [2.24, 2.45) is 11.3 Å². The minimum atomic E-state index is -0.696. The third kappa shape index (κ3) is 2.23. The van der Waals surface area contributed by atoms with E-state index in [1.54, 1.807) is 7.11 Å². The summed E-state index contributed by atoms with van der Waals surface area (Å²) in [7, 11) is 1.77. The molecule has 2 fully saturated rings. The van der Waals surface area contributed by atoms with Crippen molar-refractivity contribution in [3.05, 3.63) is 0 Å². The molecule has 4 nitrogen and oxygen atoms in total. The Bertz CT molecular complexity index is 269. The predicted molar refractivity (Wildman–Crippen MR) is 60.3 cm³/mol. The molecule has 16 heavy (non-hydrogen) atoms. The van der Waals surface area contributed by atoms with Crippen LogP contribution in [0.1, 0.15) is 25.7 Å². The van der Waals surface area contributed by atoms with Crippen molar-refractivity contribution >= 4 is 5.97 Å².